The number of rotatable bonds is 6. The predicted octanol–water partition coefficient (Wildman–Crippen LogP) is 4.99. The molecule has 1 aliphatic rings. The predicted molar refractivity (Wildman–Crippen MR) is 125 cm³/mol. The molecule has 1 aliphatic heterocycles. The van der Waals surface area contributed by atoms with Gasteiger partial charge in [0.25, 0.3) is 5.91 Å². The number of carbonyl (C=O) groups is 2. The first-order valence-corrected chi connectivity index (χ1v) is 11.1. The Hall–Kier alpha value is -3.81. The lowest BCUT2D eigenvalue weighted by atomic mass is 9.82. The van der Waals surface area contributed by atoms with Gasteiger partial charge >= 0.3 is 6.18 Å². The van der Waals surface area contributed by atoms with Gasteiger partial charge in [0, 0.05) is 30.6 Å². The third kappa shape index (κ3) is 4.87. The quantitative estimate of drug-likeness (QED) is 0.539. The van der Waals surface area contributed by atoms with Crippen LogP contribution >= 0.6 is 0 Å². The summed E-state index contributed by atoms with van der Waals surface area (Å²) in [6.45, 7) is 1.87. The summed E-state index contributed by atoms with van der Waals surface area (Å²) < 4.78 is 44.3. The van der Waals surface area contributed by atoms with Crippen molar-refractivity contribution in [2.45, 2.75) is 38.1 Å². The van der Waals surface area contributed by atoms with E-state index in [1.165, 1.54) is 17.0 Å². The molecule has 5 nitrogen and oxygen atoms in total. The molecular formula is C27H25F3N2O3. The molecule has 0 saturated heterocycles. The van der Waals surface area contributed by atoms with Crippen LogP contribution in [0.2, 0.25) is 0 Å². The standard InChI is InChI=1S/C27H25F3N2O3/c1-26(25(34)31-16-20-8-4-6-10-23(20)35-2)15-19-7-3-5-9-22(19)24(33)32(26)17-18-11-13-21(14-12-18)27(28,29)30/h3-14H,15-17H2,1-2H3,(H,31,34)/t26-/m1/s1. The number of nitrogens with zero attached hydrogens (tertiary/aromatic N) is 1. The zero-order valence-corrected chi connectivity index (χ0v) is 19.4. The lowest BCUT2D eigenvalue weighted by molar-refractivity contribution is -0.137. The topological polar surface area (TPSA) is 58.6 Å². The van der Waals surface area contributed by atoms with E-state index < -0.39 is 17.3 Å². The Balaban J connectivity index is 1.64. The first kappa shape index (κ1) is 24.3. The number of hydrogen-bond acceptors (Lipinski definition) is 3. The zero-order chi connectivity index (χ0) is 25.2. The van der Waals surface area contributed by atoms with Gasteiger partial charge in [0.2, 0.25) is 5.91 Å². The second-order valence-corrected chi connectivity index (χ2v) is 8.69. The van der Waals surface area contributed by atoms with E-state index in [9.17, 15) is 22.8 Å². The first-order chi connectivity index (χ1) is 16.6. The summed E-state index contributed by atoms with van der Waals surface area (Å²) in [5.41, 5.74) is 0.480. The molecule has 0 aromatic heterocycles. The fourth-order valence-electron chi connectivity index (χ4n) is 4.36. The summed E-state index contributed by atoms with van der Waals surface area (Å²) in [5.74, 6) is -0.0792. The van der Waals surface area contributed by atoms with E-state index in [0.29, 0.717) is 16.9 Å². The third-order valence-corrected chi connectivity index (χ3v) is 6.37. The summed E-state index contributed by atoms with van der Waals surface area (Å²) in [7, 11) is 1.55. The lowest BCUT2D eigenvalue weighted by Crippen LogP contribution is -2.62. The van der Waals surface area contributed by atoms with E-state index in [2.05, 4.69) is 5.32 Å². The normalized spacial score (nSPS) is 17.6. The van der Waals surface area contributed by atoms with E-state index in [1.807, 2.05) is 30.3 Å². The van der Waals surface area contributed by atoms with Gasteiger partial charge in [0.1, 0.15) is 11.3 Å². The van der Waals surface area contributed by atoms with Crippen LogP contribution < -0.4 is 10.1 Å². The molecule has 3 aromatic carbocycles. The van der Waals surface area contributed by atoms with Gasteiger partial charge in [-0.1, -0.05) is 48.5 Å². The highest BCUT2D eigenvalue weighted by atomic mass is 19.4. The van der Waals surface area contributed by atoms with Gasteiger partial charge in [-0.2, -0.15) is 13.2 Å². The molecule has 0 fully saturated rings. The Morgan fingerprint density at radius 3 is 2.37 bits per heavy atom. The number of alkyl halides is 3. The Labute approximate surface area is 201 Å². The molecule has 1 heterocycles. The van der Waals surface area contributed by atoms with Crippen LogP contribution in [0, 0.1) is 0 Å². The molecule has 0 radical (unpaired) electrons. The molecule has 0 saturated carbocycles. The summed E-state index contributed by atoms with van der Waals surface area (Å²) in [6, 6.07) is 19.0. The Bertz CT molecular complexity index is 1240. The van der Waals surface area contributed by atoms with Crippen LogP contribution in [-0.4, -0.2) is 29.4 Å². The molecule has 0 spiro atoms. The number of amides is 2. The van der Waals surface area contributed by atoms with Crippen molar-refractivity contribution in [1.29, 1.82) is 0 Å². The molecule has 1 atom stereocenters. The average molecular weight is 483 g/mol. The Morgan fingerprint density at radius 2 is 1.69 bits per heavy atom. The van der Waals surface area contributed by atoms with Crippen LogP contribution in [0.3, 0.4) is 0 Å². The Morgan fingerprint density at radius 1 is 1.03 bits per heavy atom. The van der Waals surface area contributed by atoms with Gasteiger partial charge in [0.15, 0.2) is 0 Å². The number of nitrogens with one attached hydrogen (secondary N) is 1. The number of benzene rings is 3. The molecule has 1 N–H and O–H groups in total. The maximum absolute atomic E-state index is 13.5. The molecule has 3 aromatic rings. The number of methoxy groups -OCH3 is 1. The van der Waals surface area contributed by atoms with Gasteiger partial charge in [-0.15, -0.1) is 0 Å². The van der Waals surface area contributed by atoms with Crippen molar-refractivity contribution in [1.82, 2.24) is 10.2 Å². The minimum Gasteiger partial charge on any atom is -0.496 e. The van der Waals surface area contributed by atoms with Crippen molar-refractivity contribution in [3.05, 3.63) is 101 Å². The molecule has 4 rings (SSSR count). The lowest BCUT2D eigenvalue weighted by Gasteiger charge is -2.44. The van der Waals surface area contributed by atoms with Gasteiger partial charge in [-0.25, -0.2) is 0 Å². The van der Waals surface area contributed by atoms with E-state index in [4.69, 9.17) is 4.74 Å². The maximum Gasteiger partial charge on any atom is 0.416 e. The zero-order valence-electron chi connectivity index (χ0n) is 19.4. The van der Waals surface area contributed by atoms with E-state index in [1.54, 1.807) is 32.2 Å². The van der Waals surface area contributed by atoms with Crippen molar-refractivity contribution in [2.75, 3.05) is 7.11 Å². The maximum atomic E-state index is 13.5. The summed E-state index contributed by atoms with van der Waals surface area (Å²) in [4.78, 5) is 28.5. The second kappa shape index (κ2) is 9.44. The molecule has 8 heteroatoms. The number of carbonyl (C=O) groups excluding carboxylic acids is 2. The fraction of sp³-hybridized carbons (Fsp3) is 0.259. The highest BCUT2D eigenvalue weighted by Gasteiger charge is 2.46. The Kier molecular flexibility index (Phi) is 6.56. The highest BCUT2D eigenvalue weighted by molar-refractivity contribution is 6.02. The van der Waals surface area contributed by atoms with E-state index in [-0.39, 0.29) is 31.3 Å². The van der Waals surface area contributed by atoms with Gasteiger partial charge in [-0.3, -0.25) is 9.59 Å². The SMILES string of the molecule is COc1ccccc1CNC(=O)[C@@]1(C)Cc2ccccc2C(=O)N1Cc1ccc(C(F)(F)F)cc1. The summed E-state index contributed by atoms with van der Waals surface area (Å²) in [5, 5.41) is 2.92. The summed E-state index contributed by atoms with van der Waals surface area (Å²) in [6.07, 6.45) is -4.18. The van der Waals surface area contributed by atoms with Crippen molar-refractivity contribution < 1.29 is 27.5 Å². The van der Waals surface area contributed by atoms with E-state index >= 15 is 0 Å². The molecule has 182 valence electrons. The average Bonchev–Trinajstić information content (AvgIpc) is 2.85. The van der Waals surface area contributed by atoms with Crippen molar-refractivity contribution in [3.63, 3.8) is 0 Å². The van der Waals surface area contributed by atoms with Crippen LogP contribution in [0.4, 0.5) is 13.2 Å². The van der Waals surface area contributed by atoms with Crippen LogP contribution in [0.15, 0.2) is 72.8 Å². The first-order valence-electron chi connectivity index (χ1n) is 11.1. The smallest absolute Gasteiger partial charge is 0.416 e. The number of hydrogen-bond donors (Lipinski definition) is 1. The summed E-state index contributed by atoms with van der Waals surface area (Å²) >= 11 is 0. The van der Waals surface area contributed by atoms with Gasteiger partial charge < -0.3 is 15.0 Å². The number of ether oxygens (including phenoxy) is 1. The molecular weight excluding hydrogens is 457 g/mol. The monoisotopic (exact) mass is 482 g/mol. The van der Waals surface area contributed by atoms with Crippen LogP contribution in [0.5, 0.6) is 5.75 Å². The highest BCUT2D eigenvalue weighted by Crippen LogP contribution is 2.34. The third-order valence-electron chi connectivity index (χ3n) is 6.37. The number of halogens is 3. The fourth-order valence-corrected chi connectivity index (χ4v) is 4.36. The molecule has 0 bridgehead atoms. The largest absolute Gasteiger partial charge is 0.496 e. The van der Waals surface area contributed by atoms with E-state index in [0.717, 1.165) is 23.3 Å². The minimum absolute atomic E-state index is 0.0100. The van der Waals surface area contributed by atoms with Crippen LogP contribution in [0.1, 0.15) is 39.5 Å². The molecule has 0 unspecified atom stereocenters. The molecule has 0 aliphatic carbocycles. The minimum atomic E-state index is -4.45. The van der Waals surface area contributed by atoms with Crippen LogP contribution in [0.25, 0.3) is 0 Å². The van der Waals surface area contributed by atoms with Crippen LogP contribution in [-0.2, 0) is 30.5 Å². The molecule has 2 amide bonds. The molecule has 35 heavy (non-hydrogen) atoms. The second-order valence-electron chi connectivity index (χ2n) is 8.69. The van der Waals surface area contributed by atoms with Crippen molar-refractivity contribution in [3.8, 4) is 5.75 Å². The van der Waals surface area contributed by atoms with Gasteiger partial charge in [-0.05, 0) is 42.3 Å². The number of fused-ring (bicyclic) bond motifs is 1. The number of para-hydroxylation sites is 1. The van der Waals surface area contributed by atoms with Gasteiger partial charge in [0.05, 0.1) is 12.7 Å². The van der Waals surface area contributed by atoms with Crippen molar-refractivity contribution >= 4 is 11.8 Å². The van der Waals surface area contributed by atoms with Crippen molar-refractivity contribution in [2.24, 2.45) is 0 Å².